The highest BCUT2D eigenvalue weighted by Crippen LogP contribution is 2.37. The van der Waals surface area contributed by atoms with Crippen molar-refractivity contribution in [2.45, 2.75) is 46.0 Å². The van der Waals surface area contributed by atoms with Crippen LogP contribution in [0.4, 0.5) is 5.00 Å². The standard InChI is InChI=1S/C16H23N3O3S/c1-9(2)7-8-18-14(21)15(22)19-16-12(13(17)20)10-5-3-4-6-11(10)23-16/h9H,3-8H2,1-2H3,(H2,17,20)(H,18,21)(H,19,22). The Balaban J connectivity index is 2.07. The lowest BCUT2D eigenvalue weighted by atomic mass is 9.95. The average molecular weight is 337 g/mol. The third kappa shape index (κ3) is 4.31. The van der Waals surface area contributed by atoms with Gasteiger partial charge in [0.15, 0.2) is 0 Å². The predicted molar refractivity (Wildman–Crippen MR) is 90.6 cm³/mol. The second-order valence-corrected chi connectivity index (χ2v) is 7.28. The summed E-state index contributed by atoms with van der Waals surface area (Å²) in [7, 11) is 0. The molecule has 1 aromatic rings. The van der Waals surface area contributed by atoms with Crippen molar-refractivity contribution in [1.82, 2.24) is 5.32 Å². The van der Waals surface area contributed by atoms with E-state index in [9.17, 15) is 14.4 Å². The van der Waals surface area contributed by atoms with Crippen molar-refractivity contribution in [2.75, 3.05) is 11.9 Å². The van der Waals surface area contributed by atoms with E-state index in [0.29, 0.717) is 23.0 Å². The molecule has 0 fully saturated rings. The number of amides is 3. The van der Waals surface area contributed by atoms with Gasteiger partial charge in [-0.15, -0.1) is 11.3 Å². The molecule has 0 aromatic carbocycles. The van der Waals surface area contributed by atoms with Crippen molar-refractivity contribution in [3.05, 3.63) is 16.0 Å². The van der Waals surface area contributed by atoms with Crippen molar-refractivity contribution in [2.24, 2.45) is 11.7 Å². The quantitative estimate of drug-likeness (QED) is 0.714. The lowest BCUT2D eigenvalue weighted by Crippen LogP contribution is -2.36. The molecule has 1 heterocycles. The molecule has 2 rings (SSSR count). The monoisotopic (exact) mass is 337 g/mol. The summed E-state index contributed by atoms with van der Waals surface area (Å²) in [5.74, 6) is -1.55. The molecule has 126 valence electrons. The molecule has 1 aliphatic rings. The van der Waals surface area contributed by atoms with Crippen LogP contribution in [-0.4, -0.2) is 24.3 Å². The fourth-order valence-corrected chi connectivity index (χ4v) is 3.92. The van der Waals surface area contributed by atoms with E-state index in [4.69, 9.17) is 5.73 Å². The summed E-state index contributed by atoms with van der Waals surface area (Å²) in [6, 6.07) is 0. The van der Waals surface area contributed by atoms with Gasteiger partial charge in [0.1, 0.15) is 5.00 Å². The van der Waals surface area contributed by atoms with Crippen LogP contribution in [0.2, 0.25) is 0 Å². The normalized spacial score (nSPS) is 13.5. The van der Waals surface area contributed by atoms with Crippen LogP contribution in [0.25, 0.3) is 0 Å². The van der Waals surface area contributed by atoms with Gasteiger partial charge in [0.05, 0.1) is 5.56 Å². The van der Waals surface area contributed by atoms with Gasteiger partial charge in [-0.05, 0) is 43.6 Å². The number of primary amides is 1. The molecule has 0 atom stereocenters. The van der Waals surface area contributed by atoms with Gasteiger partial charge in [0.25, 0.3) is 5.91 Å². The fourth-order valence-electron chi connectivity index (χ4n) is 2.63. The first-order valence-electron chi connectivity index (χ1n) is 7.93. The van der Waals surface area contributed by atoms with Gasteiger partial charge in [-0.1, -0.05) is 13.8 Å². The summed E-state index contributed by atoms with van der Waals surface area (Å²) in [5, 5.41) is 5.53. The predicted octanol–water partition coefficient (Wildman–Crippen LogP) is 1.83. The topological polar surface area (TPSA) is 101 Å². The molecule has 0 radical (unpaired) electrons. The molecule has 7 heteroatoms. The average Bonchev–Trinajstić information content (AvgIpc) is 2.84. The molecular formula is C16H23N3O3S. The Morgan fingerprint density at radius 1 is 1.17 bits per heavy atom. The second-order valence-electron chi connectivity index (χ2n) is 6.17. The van der Waals surface area contributed by atoms with Gasteiger partial charge in [-0.2, -0.15) is 0 Å². The Bertz CT molecular complexity index is 622. The number of hydrogen-bond donors (Lipinski definition) is 3. The number of aryl methyl sites for hydroxylation is 1. The van der Waals surface area contributed by atoms with Gasteiger partial charge < -0.3 is 16.4 Å². The zero-order valence-electron chi connectivity index (χ0n) is 13.5. The maximum Gasteiger partial charge on any atom is 0.314 e. The van der Waals surface area contributed by atoms with Crippen molar-refractivity contribution < 1.29 is 14.4 Å². The minimum atomic E-state index is -0.755. The Morgan fingerprint density at radius 3 is 2.52 bits per heavy atom. The molecule has 6 nitrogen and oxygen atoms in total. The summed E-state index contributed by atoms with van der Waals surface area (Å²) in [6.07, 6.45) is 4.55. The van der Waals surface area contributed by atoms with E-state index >= 15 is 0 Å². The van der Waals surface area contributed by atoms with Crippen LogP contribution in [-0.2, 0) is 22.4 Å². The van der Waals surface area contributed by atoms with Gasteiger partial charge in [-0.3, -0.25) is 14.4 Å². The molecular weight excluding hydrogens is 314 g/mol. The van der Waals surface area contributed by atoms with Crippen LogP contribution in [0.5, 0.6) is 0 Å². The zero-order chi connectivity index (χ0) is 17.0. The second kappa shape index (κ2) is 7.59. The van der Waals surface area contributed by atoms with Crippen LogP contribution < -0.4 is 16.4 Å². The number of hydrogen-bond acceptors (Lipinski definition) is 4. The third-order valence-electron chi connectivity index (χ3n) is 3.86. The number of rotatable bonds is 5. The van der Waals surface area contributed by atoms with Gasteiger partial charge in [-0.25, -0.2) is 0 Å². The maximum absolute atomic E-state index is 12.0. The molecule has 1 aliphatic carbocycles. The molecule has 1 aromatic heterocycles. The van der Waals surface area contributed by atoms with Crippen molar-refractivity contribution in [3.8, 4) is 0 Å². The lowest BCUT2D eigenvalue weighted by molar-refractivity contribution is -0.136. The van der Waals surface area contributed by atoms with Gasteiger partial charge in [0, 0.05) is 11.4 Å². The largest absolute Gasteiger partial charge is 0.365 e. The van der Waals surface area contributed by atoms with Crippen LogP contribution in [0.3, 0.4) is 0 Å². The lowest BCUT2D eigenvalue weighted by Gasteiger charge is -2.11. The van der Waals surface area contributed by atoms with Gasteiger partial charge in [0.2, 0.25) is 0 Å². The SMILES string of the molecule is CC(C)CCNC(=O)C(=O)Nc1sc2c(c1C(N)=O)CCCC2. The third-order valence-corrected chi connectivity index (χ3v) is 5.07. The Labute approximate surface area is 139 Å². The fraction of sp³-hybridized carbons (Fsp3) is 0.562. The van der Waals surface area contributed by atoms with Crippen LogP contribution in [0.1, 0.15) is 53.9 Å². The first-order chi connectivity index (χ1) is 10.9. The number of nitrogens with one attached hydrogen (secondary N) is 2. The van der Waals surface area contributed by atoms with E-state index in [1.165, 1.54) is 11.3 Å². The highest BCUT2D eigenvalue weighted by molar-refractivity contribution is 7.17. The highest BCUT2D eigenvalue weighted by Gasteiger charge is 2.26. The molecule has 0 saturated heterocycles. The smallest absolute Gasteiger partial charge is 0.314 e. The van der Waals surface area contributed by atoms with E-state index < -0.39 is 17.7 Å². The van der Waals surface area contributed by atoms with E-state index in [0.717, 1.165) is 42.5 Å². The Kier molecular flexibility index (Phi) is 5.76. The molecule has 3 amide bonds. The minimum Gasteiger partial charge on any atom is -0.365 e. The van der Waals surface area contributed by atoms with Crippen molar-refractivity contribution in [1.29, 1.82) is 0 Å². The molecule has 0 saturated carbocycles. The van der Waals surface area contributed by atoms with E-state index in [1.807, 2.05) is 13.8 Å². The summed E-state index contributed by atoms with van der Waals surface area (Å²) in [4.78, 5) is 36.6. The van der Waals surface area contributed by atoms with Gasteiger partial charge >= 0.3 is 11.8 Å². The van der Waals surface area contributed by atoms with E-state index in [2.05, 4.69) is 10.6 Å². The molecule has 0 bridgehead atoms. The number of carbonyl (C=O) groups excluding carboxylic acids is 3. The Hall–Kier alpha value is -1.89. The number of carbonyl (C=O) groups is 3. The number of fused-ring (bicyclic) bond motifs is 1. The van der Waals surface area contributed by atoms with Crippen LogP contribution in [0.15, 0.2) is 0 Å². The first kappa shape index (κ1) is 17.5. The zero-order valence-corrected chi connectivity index (χ0v) is 14.3. The van der Waals surface area contributed by atoms with Crippen molar-refractivity contribution >= 4 is 34.1 Å². The number of nitrogens with two attached hydrogens (primary N) is 1. The minimum absolute atomic E-state index is 0.369. The molecule has 0 aliphatic heterocycles. The van der Waals surface area contributed by atoms with Crippen LogP contribution in [0, 0.1) is 5.92 Å². The molecule has 0 unspecified atom stereocenters. The summed E-state index contributed by atoms with van der Waals surface area (Å²) < 4.78 is 0. The number of anilines is 1. The van der Waals surface area contributed by atoms with Crippen LogP contribution >= 0.6 is 11.3 Å². The molecule has 0 spiro atoms. The van der Waals surface area contributed by atoms with E-state index in [1.54, 1.807) is 0 Å². The summed E-state index contributed by atoms with van der Waals surface area (Å²) in [5.41, 5.74) is 6.77. The Morgan fingerprint density at radius 2 is 1.87 bits per heavy atom. The maximum atomic E-state index is 12.0. The summed E-state index contributed by atoms with van der Waals surface area (Å²) in [6.45, 7) is 4.54. The summed E-state index contributed by atoms with van der Waals surface area (Å²) >= 11 is 1.35. The first-order valence-corrected chi connectivity index (χ1v) is 8.75. The molecule has 4 N–H and O–H groups in total. The number of thiophene rings is 1. The molecule has 23 heavy (non-hydrogen) atoms. The van der Waals surface area contributed by atoms with E-state index in [-0.39, 0.29) is 0 Å². The van der Waals surface area contributed by atoms with Crippen molar-refractivity contribution in [3.63, 3.8) is 0 Å². The highest BCUT2D eigenvalue weighted by atomic mass is 32.1.